The van der Waals surface area contributed by atoms with Gasteiger partial charge < -0.3 is 10.1 Å². The molecule has 0 saturated heterocycles. The Balaban J connectivity index is 2.08. The first-order valence-corrected chi connectivity index (χ1v) is 10.4. The second kappa shape index (κ2) is 11.6. The quantitative estimate of drug-likeness (QED) is 0.430. The second-order valence-electron chi connectivity index (χ2n) is 7.01. The first kappa shape index (κ1) is 23.7. The van der Waals surface area contributed by atoms with Crippen molar-refractivity contribution in [3.05, 3.63) is 63.6 Å². The topological polar surface area (TPSA) is 79.8 Å². The lowest BCUT2D eigenvalue weighted by Gasteiger charge is -2.19. The lowest BCUT2D eigenvalue weighted by Crippen LogP contribution is -2.46. The molecule has 0 fully saturated rings. The third kappa shape index (κ3) is 7.35. The number of hydrogen-bond donors (Lipinski definition) is 2. The first-order chi connectivity index (χ1) is 14.3. The third-order valence-corrected chi connectivity index (χ3v) is 4.57. The molecule has 2 amide bonds. The van der Waals surface area contributed by atoms with Gasteiger partial charge in [-0.15, -0.1) is 0 Å². The van der Waals surface area contributed by atoms with Crippen LogP contribution in [0.2, 0.25) is 10.0 Å². The van der Waals surface area contributed by atoms with Gasteiger partial charge in [0.15, 0.2) is 0 Å². The Hall–Kier alpha value is -2.57. The van der Waals surface area contributed by atoms with Crippen LogP contribution in [-0.4, -0.2) is 30.7 Å². The highest BCUT2D eigenvalue weighted by molar-refractivity contribution is 6.31. The highest BCUT2D eigenvalue weighted by Gasteiger charge is 2.22. The van der Waals surface area contributed by atoms with Gasteiger partial charge >= 0.3 is 0 Å². The minimum Gasteiger partial charge on any atom is -0.493 e. The number of nitrogens with zero attached hydrogens (tertiary/aromatic N) is 1. The van der Waals surface area contributed by atoms with E-state index in [2.05, 4.69) is 15.8 Å². The van der Waals surface area contributed by atoms with Crippen molar-refractivity contribution < 1.29 is 14.3 Å². The number of hydrogen-bond acceptors (Lipinski definition) is 4. The Morgan fingerprint density at radius 1 is 1.10 bits per heavy atom. The minimum absolute atomic E-state index is 0.188. The van der Waals surface area contributed by atoms with Crippen LogP contribution in [0.4, 0.5) is 0 Å². The SMILES string of the molecule is CCOc1ccc(Cl)cc1C=NNC(=O)C(CC(C)C)NC(=O)c1ccc(Cl)cc1. The van der Waals surface area contributed by atoms with Gasteiger partial charge in [-0.3, -0.25) is 9.59 Å². The Morgan fingerprint density at radius 3 is 2.40 bits per heavy atom. The normalized spacial score (nSPS) is 12.1. The van der Waals surface area contributed by atoms with Crippen LogP contribution >= 0.6 is 23.2 Å². The molecular weight excluding hydrogens is 425 g/mol. The molecule has 0 aliphatic heterocycles. The number of hydrazone groups is 1. The summed E-state index contributed by atoms with van der Waals surface area (Å²) in [6.07, 6.45) is 1.92. The Labute approximate surface area is 186 Å². The number of ether oxygens (including phenoxy) is 1. The summed E-state index contributed by atoms with van der Waals surface area (Å²) in [6.45, 7) is 6.30. The van der Waals surface area contributed by atoms with E-state index >= 15 is 0 Å². The minimum atomic E-state index is -0.740. The molecule has 0 radical (unpaired) electrons. The predicted molar refractivity (Wildman–Crippen MR) is 121 cm³/mol. The monoisotopic (exact) mass is 449 g/mol. The molecule has 8 heteroatoms. The molecule has 2 aromatic rings. The number of rotatable bonds is 9. The summed E-state index contributed by atoms with van der Waals surface area (Å²) >= 11 is 11.9. The molecule has 0 aromatic heterocycles. The summed E-state index contributed by atoms with van der Waals surface area (Å²) < 4.78 is 5.53. The maximum atomic E-state index is 12.6. The van der Waals surface area contributed by atoms with Crippen LogP contribution in [0, 0.1) is 5.92 Å². The second-order valence-corrected chi connectivity index (χ2v) is 7.88. The van der Waals surface area contributed by atoms with Crippen molar-refractivity contribution in [1.82, 2.24) is 10.7 Å². The maximum Gasteiger partial charge on any atom is 0.262 e. The fourth-order valence-electron chi connectivity index (χ4n) is 2.70. The zero-order valence-electron chi connectivity index (χ0n) is 17.1. The average molecular weight is 450 g/mol. The summed E-state index contributed by atoms with van der Waals surface area (Å²) in [7, 11) is 0. The molecule has 0 saturated carbocycles. The molecule has 2 aromatic carbocycles. The van der Waals surface area contributed by atoms with Crippen LogP contribution in [0.5, 0.6) is 5.75 Å². The van der Waals surface area contributed by atoms with E-state index in [-0.39, 0.29) is 11.8 Å². The fraction of sp³-hybridized carbons (Fsp3) is 0.318. The Kier molecular flexibility index (Phi) is 9.15. The fourth-order valence-corrected chi connectivity index (χ4v) is 3.00. The van der Waals surface area contributed by atoms with E-state index in [1.165, 1.54) is 6.21 Å². The van der Waals surface area contributed by atoms with Gasteiger partial charge in [0.2, 0.25) is 0 Å². The molecule has 0 spiro atoms. The molecule has 1 atom stereocenters. The van der Waals surface area contributed by atoms with Crippen molar-refractivity contribution in [2.24, 2.45) is 11.0 Å². The standard InChI is InChI=1S/C22H25Cl2N3O3/c1-4-30-20-10-9-18(24)12-16(20)13-25-27-22(29)19(11-14(2)3)26-21(28)15-5-7-17(23)8-6-15/h5-10,12-14,19H,4,11H2,1-3H3,(H,26,28)(H,27,29). The van der Waals surface area contributed by atoms with E-state index in [1.807, 2.05) is 20.8 Å². The van der Waals surface area contributed by atoms with E-state index in [4.69, 9.17) is 27.9 Å². The third-order valence-electron chi connectivity index (χ3n) is 4.09. The molecule has 1 unspecified atom stereocenters. The molecule has 160 valence electrons. The molecule has 6 nitrogen and oxygen atoms in total. The van der Waals surface area contributed by atoms with Gasteiger partial charge in [0.25, 0.3) is 11.8 Å². The summed E-state index contributed by atoms with van der Waals surface area (Å²) in [5, 5.41) is 7.83. The van der Waals surface area contributed by atoms with Crippen LogP contribution in [0.3, 0.4) is 0 Å². The Bertz CT molecular complexity index is 899. The van der Waals surface area contributed by atoms with Crippen molar-refractivity contribution in [2.75, 3.05) is 6.61 Å². The van der Waals surface area contributed by atoms with Gasteiger partial charge in [0, 0.05) is 21.2 Å². The molecule has 0 heterocycles. The average Bonchev–Trinajstić information content (AvgIpc) is 2.69. The summed E-state index contributed by atoms with van der Waals surface area (Å²) in [6, 6.07) is 10.9. The number of carbonyl (C=O) groups excluding carboxylic acids is 2. The molecule has 0 bridgehead atoms. The van der Waals surface area contributed by atoms with Crippen LogP contribution < -0.4 is 15.5 Å². The summed E-state index contributed by atoms with van der Waals surface area (Å²) in [5.74, 6) is 0.0228. The van der Waals surface area contributed by atoms with Crippen molar-refractivity contribution in [2.45, 2.75) is 33.2 Å². The van der Waals surface area contributed by atoms with E-state index in [0.29, 0.717) is 39.9 Å². The van der Waals surface area contributed by atoms with Gasteiger partial charge in [0.05, 0.1) is 12.8 Å². The molecule has 2 rings (SSSR count). The smallest absolute Gasteiger partial charge is 0.262 e. The maximum absolute atomic E-state index is 12.6. The summed E-state index contributed by atoms with van der Waals surface area (Å²) in [5.41, 5.74) is 3.54. The van der Waals surface area contributed by atoms with Crippen molar-refractivity contribution in [3.63, 3.8) is 0 Å². The number of carbonyl (C=O) groups is 2. The van der Waals surface area contributed by atoms with E-state index in [9.17, 15) is 9.59 Å². The molecule has 0 aliphatic carbocycles. The lowest BCUT2D eigenvalue weighted by molar-refractivity contribution is -0.123. The summed E-state index contributed by atoms with van der Waals surface area (Å²) in [4.78, 5) is 25.1. The highest BCUT2D eigenvalue weighted by atomic mass is 35.5. The van der Waals surface area contributed by atoms with Crippen molar-refractivity contribution in [1.29, 1.82) is 0 Å². The first-order valence-electron chi connectivity index (χ1n) is 9.61. The zero-order chi connectivity index (χ0) is 22.1. The van der Waals surface area contributed by atoms with Crippen LogP contribution in [-0.2, 0) is 4.79 Å². The predicted octanol–water partition coefficient (Wildman–Crippen LogP) is 4.69. The van der Waals surface area contributed by atoms with E-state index < -0.39 is 11.9 Å². The van der Waals surface area contributed by atoms with Crippen LogP contribution in [0.15, 0.2) is 47.6 Å². The van der Waals surface area contributed by atoms with Crippen molar-refractivity contribution in [3.8, 4) is 5.75 Å². The molecule has 0 aliphatic rings. The number of amides is 2. The molecule has 2 N–H and O–H groups in total. The van der Waals surface area contributed by atoms with Crippen LogP contribution in [0.25, 0.3) is 0 Å². The lowest BCUT2D eigenvalue weighted by atomic mass is 10.0. The van der Waals surface area contributed by atoms with Crippen molar-refractivity contribution >= 4 is 41.2 Å². The number of halogens is 2. The van der Waals surface area contributed by atoms with Gasteiger partial charge in [-0.2, -0.15) is 5.10 Å². The van der Waals surface area contributed by atoms with Gasteiger partial charge in [-0.05, 0) is 61.7 Å². The van der Waals surface area contributed by atoms with Gasteiger partial charge in [-0.1, -0.05) is 37.0 Å². The number of benzene rings is 2. The Morgan fingerprint density at radius 2 is 1.77 bits per heavy atom. The van der Waals surface area contributed by atoms with E-state index in [0.717, 1.165) is 0 Å². The molecule has 30 heavy (non-hydrogen) atoms. The van der Waals surface area contributed by atoms with E-state index in [1.54, 1.807) is 42.5 Å². The van der Waals surface area contributed by atoms with Gasteiger partial charge in [0.1, 0.15) is 11.8 Å². The highest BCUT2D eigenvalue weighted by Crippen LogP contribution is 2.21. The van der Waals surface area contributed by atoms with Gasteiger partial charge in [-0.25, -0.2) is 5.43 Å². The number of nitrogens with one attached hydrogen (secondary N) is 2. The van der Waals surface area contributed by atoms with Crippen LogP contribution in [0.1, 0.15) is 43.1 Å². The molecular formula is C22H25Cl2N3O3. The largest absolute Gasteiger partial charge is 0.493 e. The zero-order valence-corrected chi connectivity index (χ0v) is 18.6.